The smallest absolute Gasteiger partial charge is 0.326 e. The van der Waals surface area contributed by atoms with Crippen LogP contribution in [0.4, 0.5) is 0 Å². The van der Waals surface area contributed by atoms with Crippen LogP contribution in [-0.2, 0) is 43.2 Å². The fourth-order valence-corrected chi connectivity index (χ4v) is 4.00. The Balaban J connectivity index is 6.16. The van der Waals surface area contributed by atoms with Crippen LogP contribution < -0.4 is 43.8 Å². The lowest BCUT2D eigenvalue weighted by molar-refractivity contribution is -0.144. The first-order valence-electron chi connectivity index (χ1n) is 14.6. The predicted octanol–water partition coefficient (Wildman–Crippen LogP) is -3.84. The molecule has 0 bridgehead atoms. The maximum Gasteiger partial charge on any atom is 0.326 e. The molecule has 0 aliphatic carbocycles. The van der Waals surface area contributed by atoms with Crippen LogP contribution in [0.3, 0.4) is 0 Å². The molecule has 19 nitrogen and oxygen atoms in total. The molecule has 0 aromatic heterocycles. The molecule has 260 valence electrons. The van der Waals surface area contributed by atoms with Crippen LogP contribution >= 0.6 is 0 Å². The van der Waals surface area contributed by atoms with Gasteiger partial charge in [0, 0.05) is 12.8 Å². The number of amides is 7. The van der Waals surface area contributed by atoms with E-state index in [9.17, 15) is 53.4 Å². The summed E-state index contributed by atoms with van der Waals surface area (Å²) in [5, 5.41) is 30.4. The minimum absolute atomic E-state index is 0.222. The van der Waals surface area contributed by atoms with Gasteiger partial charge in [-0.25, -0.2) is 4.79 Å². The Kier molecular flexibility index (Phi) is 18.1. The van der Waals surface area contributed by atoms with Gasteiger partial charge in [0.15, 0.2) is 0 Å². The number of nitrogens with one attached hydrogen (secondary N) is 5. The minimum atomic E-state index is -1.81. The lowest BCUT2D eigenvalue weighted by Crippen LogP contribution is -2.60. The number of carboxylic acid groups (broad SMARTS) is 2. The molecular weight excluding hydrogens is 612 g/mol. The van der Waals surface area contributed by atoms with Gasteiger partial charge < -0.3 is 54.0 Å². The van der Waals surface area contributed by atoms with Gasteiger partial charge in [-0.1, -0.05) is 34.1 Å². The summed E-state index contributed by atoms with van der Waals surface area (Å²) in [6.45, 7) is 5.82. The van der Waals surface area contributed by atoms with Crippen LogP contribution in [0, 0.1) is 11.8 Å². The molecule has 0 saturated carbocycles. The van der Waals surface area contributed by atoms with Crippen molar-refractivity contribution in [1.82, 2.24) is 26.6 Å². The van der Waals surface area contributed by atoms with Crippen LogP contribution in [0.15, 0.2) is 0 Å². The monoisotopic (exact) mass is 658 g/mol. The van der Waals surface area contributed by atoms with Crippen molar-refractivity contribution in [1.29, 1.82) is 0 Å². The Bertz CT molecular complexity index is 1150. The topological polar surface area (TPSA) is 332 Å². The van der Waals surface area contributed by atoms with Gasteiger partial charge in [0.2, 0.25) is 41.4 Å². The molecule has 7 amide bonds. The number of primary amides is 2. The number of rotatable bonds is 22. The quantitative estimate of drug-likeness (QED) is 0.0535. The Morgan fingerprint density at radius 2 is 1.07 bits per heavy atom. The average molecular weight is 659 g/mol. The van der Waals surface area contributed by atoms with Crippen LogP contribution in [-0.4, -0.2) is 100 Å². The molecule has 0 unspecified atom stereocenters. The highest BCUT2D eigenvalue weighted by Gasteiger charge is 2.35. The normalized spacial score (nSPS) is 14.7. The van der Waals surface area contributed by atoms with Crippen molar-refractivity contribution in [2.75, 3.05) is 6.54 Å². The fraction of sp³-hybridized carbons (Fsp3) is 0.667. The standard InChI is InChI=1S/C27H46N8O11/c1-5-13(4)22(35-23(41)14(6-8-17(29)36)31-19(38)11-28)26(44)33-16(10-20(39)40)25(43)32-15(7-9-18(30)37)24(42)34-21(12(2)3)27(45)46/h12-16,21-22H,5-11,28H2,1-4H3,(H2,29,36)(H2,30,37)(H,31,38)(H,32,43)(H,33,44)(H,34,42)(H,35,41)(H,39,40)(H,45,46)/t13-,14-,15-,16-,21-,22-/m0/s1. The molecule has 0 fully saturated rings. The van der Waals surface area contributed by atoms with Crippen molar-refractivity contribution >= 4 is 53.3 Å². The molecule has 19 heteroatoms. The summed E-state index contributed by atoms with van der Waals surface area (Å²) in [6, 6.07) is -7.40. The molecule has 0 radical (unpaired) electrons. The van der Waals surface area contributed by atoms with Crippen molar-refractivity contribution < 1.29 is 53.4 Å². The molecule has 13 N–H and O–H groups in total. The molecular formula is C27H46N8O11. The first-order chi connectivity index (χ1) is 21.3. The van der Waals surface area contributed by atoms with Gasteiger partial charge in [0.25, 0.3) is 0 Å². The number of hydrogen-bond donors (Lipinski definition) is 10. The largest absolute Gasteiger partial charge is 0.481 e. The molecule has 0 rings (SSSR count). The molecule has 0 aliphatic rings. The average Bonchev–Trinajstić information content (AvgIpc) is 2.96. The van der Waals surface area contributed by atoms with Crippen molar-refractivity contribution in [3.8, 4) is 0 Å². The third kappa shape index (κ3) is 15.3. The molecule has 6 atom stereocenters. The minimum Gasteiger partial charge on any atom is -0.481 e. The maximum absolute atomic E-state index is 13.4. The highest BCUT2D eigenvalue weighted by atomic mass is 16.4. The molecule has 0 heterocycles. The number of carbonyl (C=O) groups excluding carboxylic acids is 7. The summed E-state index contributed by atoms with van der Waals surface area (Å²) in [6.07, 6.45) is -1.96. The van der Waals surface area contributed by atoms with Crippen LogP contribution in [0.5, 0.6) is 0 Å². The first kappa shape index (κ1) is 41.2. The number of carbonyl (C=O) groups is 9. The second kappa shape index (κ2) is 20.3. The Labute approximate surface area is 265 Å². The summed E-state index contributed by atoms with van der Waals surface area (Å²) < 4.78 is 0. The van der Waals surface area contributed by atoms with E-state index in [4.69, 9.17) is 17.2 Å². The lowest BCUT2D eigenvalue weighted by Gasteiger charge is -2.29. The molecule has 46 heavy (non-hydrogen) atoms. The van der Waals surface area contributed by atoms with Crippen molar-refractivity contribution in [3.05, 3.63) is 0 Å². The molecule has 0 saturated heterocycles. The lowest BCUT2D eigenvalue weighted by atomic mass is 9.96. The van der Waals surface area contributed by atoms with Gasteiger partial charge in [-0.15, -0.1) is 0 Å². The van der Waals surface area contributed by atoms with E-state index in [0.29, 0.717) is 6.42 Å². The van der Waals surface area contributed by atoms with E-state index in [1.807, 2.05) is 0 Å². The van der Waals surface area contributed by atoms with Gasteiger partial charge in [-0.05, 0) is 24.7 Å². The van der Waals surface area contributed by atoms with E-state index in [1.54, 1.807) is 13.8 Å². The van der Waals surface area contributed by atoms with Crippen LogP contribution in [0.1, 0.15) is 66.2 Å². The van der Waals surface area contributed by atoms with Gasteiger partial charge in [-0.2, -0.15) is 0 Å². The van der Waals surface area contributed by atoms with E-state index in [1.165, 1.54) is 13.8 Å². The number of aliphatic carboxylic acids is 2. The van der Waals surface area contributed by atoms with Crippen molar-refractivity contribution in [2.45, 2.75) is 96.4 Å². The number of carboxylic acids is 2. The SMILES string of the molecule is CC[C@H](C)[C@H](NC(=O)[C@H](CCC(N)=O)NC(=O)CN)C(=O)N[C@@H](CC(=O)O)C(=O)N[C@@H](CCC(N)=O)C(=O)N[C@H](C(=O)O)C(C)C. The van der Waals surface area contributed by atoms with E-state index < -0.39 is 115 Å². The second-order valence-electron chi connectivity index (χ2n) is 11.0. The highest BCUT2D eigenvalue weighted by molar-refractivity contribution is 5.97. The zero-order valence-electron chi connectivity index (χ0n) is 26.3. The van der Waals surface area contributed by atoms with Crippen molar-refractivity contribution in [3.63, 3.8) is 0 Å². The third-order valence-corrected chi connectivity index (χ3v) is 6.86. The third-order valence-electron chi connectivity index (χ3n) is 6.86. The fourth-order valence-electron chi connectivity index (χ4n) is 4.00. The van der Waals surface area contributed by atoms with E-state index in [2.05, 4.69) is 26.6 Å². The summed E-state index contributed by atoms with van der Waals surface area (Å²) in [5.74, 6) is -10.4. The predicted molar refractivity (Wildman–Crippen MR) is 160 cm³/mol. The molecule has 0 aromatic rings. The van der Waals surface area contributed by atoms with Gasteiger partial charge >= 0.3 is 11.9 Å². The Morgan fingerprint density at radius 1 is 0.630 bits per heavy atom. The number of nitrogens with two attached hydrogens (primary N) is 3. The summed E-state index contributed by atoms with van der Waals surface area (Å²) in [5.41, 5.74) is 15.6. The molecule has 0 spiro atoms. The van der Waals surface area contributed by atoms with Gasteiger partial charge in [0.05, 0.1) is 13.0 Å². The number of hydrogen-bond acceptors (Lipinski definition) is 10. The zero-order chi connectivity index (χ0) is 35.7. The summed E-state index contributed by atoms with van der Waals surface area (Å²) in [4.78, 5) is 110. The van der Waals surface area contributed by atoms with Crippen molar-refractivity contribution in [2.24, 2.45) is 29.0 Å². The first-order valence-corrected chi connectivity index (χ1v) is 14.6. The van der Waals surface area contributed by atoms with E-state index in [-0.39, 0.29) is 19.3 Å². The van der Waals surface area contributed by atoms with Crippen LogP contribution in [0.2, 0.25) is 0 Å². The van der Waals surface area contributed by atoms with E-state index >= 15 is 0 Å². The Morgan fingerprint density at radius 3 is 1.46 bits per heavy atom. The highest BCUT2D eigenvalue weighted by Crippen LogP contribution is 2.11. The summed E-state index contributed by atoms with van der Waals surface area (Å²) in [7, 11) is 0. The van der Waals surface area contributed by atoms with Gasteiger partial charge in [-0.3, -0.25) is 38.4 Å². The van der Waals surface area contributed by atoms with Gasteiger partial charge in [0.1, 0.15) is 30.2 Å². The molecule has 0 aliphatic heterocycles. The van der Waals surface area contributed by atoms with Crippen LogP contribution in [0.25, 0.3) is 0 Å². The maximum atomic E-state index is 13.4. The second-order valence-corrected chi connectivity index (χ2v) is 11.0. The molecule has 0 aromatic carbocycles. The summed E-state index contributed by atoms with van der Waals surface area (Å²) >= 11 is 0. The van der Waals surface area contributed by atoms with E-state index in [0.717, 1.165) is 0 Å². The zero-order valence-corrected chi connectivity index (χ0v) is 26.3. The Hall–Kier alpha value is -4.81.